The Morgan fingerprint density at radius 1 is 0.889 bits per heavy atom. The van der Waals surface area contributed by atoms with Gasteiger partial charge in [0.05, 0.1) is 18.2 Å². The summed E-state index contributed by atoms with van der Waals surface area (Å²) in [4.78, 5) is 0. The SMILES string of the molecule is CCC(NC(CO[Si](C)(C)C)c1ccccc1)c1ccc(C(F)(F)F)cc1. The van der Waals surface area contributed by atoms with Gasteiger partial charge in [0.1, 0.15) is 0 Å². The summed E-state index contributed by atoms with van der Waals surface area (Å²) in [5.74, 6) is 0. The molecule has 2 aromatic carbocycles. The molecule has 6 heteroatoms. The Morgan fingerprint density at radius 2 is 1.44 bits per heavy atom. The van der Waals surface area contributed by atoms with Gasteiger partial charge < -0.3 is 9.74 Å². The fourth-order valence-corrected chi connectivity index (χ4v) is 3.52. The fraction of sp³-hybridized carbons (Fsp3) is 0.429. The minimum atomic E-state index is -4.31. The van der Waals surface area contributed by atoms with E-state index in [1.54, 1.807) is 12.1 Å². The Hall–Kier alpha value is -1.63. The second kappa shape index (κ2) is 9.04. The number of hydrogen-bond donors (Lipinski definition) is 1. The van der Waals surface area contributed by atoms with E-state index in [9.17, 15) is 13.2 Å². The highest BCUT2D eigenvalue weighted by Crippen LogP contribution is 2.31. The van der Waals surface area contributed by atoms with E-state index in [4.69, 9.17) is 4.43 Å². The molecule has 0 aromatic heterocycles. The second-order valence-electron chi connectivity index (χ2n) is 7.63. The van der Waals surface area contributed by atoms with Crippen molar-refractivity contribution >= 4 is 8.32 Å². The summed E-state index contributed by atoms with van der Waals surface area (Å²) in [5.41, 5.74) is 1.34. The molecule has 0 aliphatic heterocycles. The Kier molecular flexibility index (Phi) is 7.25. The monoisotopic (exact) mass is 395 g/mol. The molecule has 2 atom stereocenters. The number of alkyl halides is 3. The molecule has 0 heterocycles. The van der Waals surface area contributed by atoms with Crippen molar-refractivity contribution in [2.24, 2.45) is 0 Å². The van der Waals surface area contributed by atoms with Crippen molar-refractivity contribution in [3.05, 3.63) is 71.3 Å². The molecule has 27 heavy (non-hydrogen) atoms. The van der Waals surface area contributed by atoms with Gasteiger partial charge in [0.25, 0.3) is 0 Å². The van der Waals surface area contributed by atoms with Crippen LogP contribution in [0.4, 0.5) is 13.2 Å². The van der Waals surface area contributed by atoms with Crippen LogP contribution in [0, 0.1) is 0 Å². The van der Waals surface area contributed by atoms with Gasteiger partial charge in [-0.1, -0.05) is 49.4 Å². The molecule has 2 nitrogen and oxygen atoms in total. The quantitative estimate of drug-likeness (QED) is 0.527. The first kappa shape index (κ1) is 21.7. The van der Waals surface area contributed by atoms with Gasteiger partial charge in [0.15, 0.2) is 8.32 Å². The van der Waals surface area contributed by atoms with Gasteiger partial charge in [0.2, 0.25) is 0 Å². The van der Waals surface area contributed by atoms with E-state index >= 15 is 0 Å². The van der Waals surface area contributed by atoms with Crippen LogP contribution in [0.25, 0.3) is 0 Å². The van der Waals surface area contributed by atoms with E-state index in [-0.39, 0.29) is 12.1 Å². The third-order valence-corrected chi connectivity index (χ3v) is 5.37. The summed E-state index contributed by atoms with van der Waals surface area (Å²) >= 11 is 0. The molecular weight excluding hydrogens is 367 g/mol. The smallest absolute Gasteiger partial charge is 0.416 e. The standard InChI is InChI=1S/C21H28F3NOSi/c1-5-19(17-11-13-18(14-12-17)21(22,23)24)25-20(15-26-27(2,3)4)16-9-7-6-8-10-16/h6-14,19-20,25H,5,15H2,1-4H3. The van der Waals surface area contributed by atoms with Gasteiger partial charge in [0, 0.05) is 6.04 Å². The van der Waals surface area contributed by atoms with Crippen LogP contribution in [0.15, 0.2) is 54.6 Å². The first-order valence-electron chi connectivity index (χ1n) is 9.22. The summed E-state index contributed by atoms with van der Waals surface area (Å²) in [6.07, 6.45) is -3.55. The molecular formula is C21H28F3NOSi. The number of nitrogens with one attached hydrogen (secondary N) is 1. The Morgan fingerprint density at radius 3 is 1.93 bits per heavy atom. The maximum Gasteiger partial charge on any atom is 0.416 e. The number of rotatable bonds is 8. The maximum atomic E-state index is 12.8. The molecule has 0 aliphatic rings. The van der Waals surface area contributed by atoms with Crippen molar-refractivity contribution in [3.8, 4) is 0 Å². The minimum absolute atomic E-state index is 0.0230. The maximum absolute atomic E-state index is 12.8. The highest BCUT2D eigenvalue weighted by atomic mass is 28.4. The van der Waals surface area contributed by atoms with E-state index in [0.29, 0.717) is 6.61 Å². The van der Waals surface area contributed by atoms with E-state index in [0.717, 1.165) is 29.7 Å². The molecule has 2 unspecified atom stereocenters. The molecule has 0 aliphatic carbocycles. The zero-order chi connectivity index (χ0) is 20.1. The van der Waals surface area contributed by atoms with Crippen LogP contribution < -0.4 is 5.32 Å². The van der Waals surface area contributed by atoms with Crippen LogP contribution in [0.5, 0.6) is 0 Å². The first-order valence-corrected chi connectivity index (χ1v) is 12.6. The van der Waals surface area contributed by atoms with Gasteiger partial charge in [-0.3, -0.25) is 0 Å². The lowest BCUT2D eigenvalue weighted by Gasteiger charge is -2.29. The summed E-state index contributed by atoms with van der Waals surface area (Å²) in [7, 11) is -1.69. The average molecular weight is 396 g/mol. The zero-order valence-corrected chi connectivity index (χ0v) is 17.3. The summed E-state index contributed by atoms with van der Waals surface area (Å²) < 4.78 is 44.6. The van der Waals surface area contributed by atoms with Gasteiger partial charge in [-0.15, -0.1) is 0 Å². The van der Waals surface area contributed by atoms with Crippen LogP contribution >= 0.6 is 0 Å². The number of hydrogen-bond acceptors (Lipinski definition) is 2. The molecule has 2 rings (SSSR count). The predicted molar refractivity (Wildman–Crippen MR) is 106 cm³/mol. The van der Waals surface area contributed by atoms with Crippen molar-refractivity contribution < 1.29 is 17.6 Å². The Balaban J connectivity index is 2.20. The topological polar surface area (TPSA) is 21.3 Å². The van der Waals surface area contributed by atoms with Gasteiger partial charge in [-0.2, -0.15) is 13.2 Å². The van der Waals surface area contributed by atoms with Crippen molar-refractivity contribution in [2.75, 3.05) is 6.61 Å². The molecule has 0 saturated carbocycles. The molecule has 0 saturated heterocycles. The van der Waals surface area contributed by atoms with Crippen LogP contribution in [0.1, 0.15) is 42.1 Å². The highest BCUT2D eigenvalue weighted by Gasteiger charge is 2.30. The molecule has 148 valence electrons. The first-order chi connectivity index (χ1) is 12.6. The van der Waals surface area contributed by atoms with Crippen molar-refractivity contribution in [3.63, 3.8) is 0 Å². The molecule has 0 spiro atoms. The van der Waals surface area contributed by atoms with Crippen molar-refractivity contribution in [2.45, 2.75) is 51.2 Å². The lowest BCUT2D eigenvalue weighted by molar-refractivity contribution is -0.137. The minimum Gasteiger partial charge on any atom is -0.416 e. The number of halogens is 3. The van der Waals surface area contributed by atoms with E-state index in [1.165, 1.54) is 0 Å². The van der Waals surface area contributed by atoms with Crippen molar-refractivity contribution in [1.29, 1.82) is 0 Å². The fourth-order valence-electron chi connectivity index (χ4n) is 2.86. The third kappa shape index (κ3) is 6.79. The largest absolute Gasteiger partial charge is 0.416 e. The Labute approximate surface area is 160 Å². The van der Waals surface area contributed by atoms with Crippen LogP contribution in [0.3, 0.4) is 0 Å². The average Bonchev–Trinajstić information content (AvgIpc) is 2.61. The second-order valence-corrected chi connectivity index (χ2v) is 12.1. The van der Waals surface area contributed by atoms with Gasteiger partial charge in [-0.25, -0.2) is 0 Å². The van der Waals surface area contributed by atoms with Crippen LogP contribution in [-0.4, -0.2) is 14.9 Å². The van der Waals surface area contributed by atoms with Gasteiger partial charge >= 0.3 is 6.18 Å². The zero-order valence-electron chi connectivity index (χ0n) is 16.3. The van der Waals surface area contributed by atoms with E-state index in [1.807, 2.05) is 37.3 Å². The predicted octanol–water partition coefficient (Wildman–Crippen LogP) is 6.34. The Bertz CT molecular complexity index is 696. The van der Waals surface area contributed by atoms with E-state index in [2.05, 4.69) is 25.0 Å². The highest BCUT2D eigenvalue weighted by molar-refractivity contribution is 6.69. The summed E-state index contributed by atoms with van der Waals surface area (Å²) in [6.45, 7) is 8.99. The normalized spacial score (nSPS) is 14.8. The van der Waals surface area contributed by atoms with Crippen molar-refractivity contribution in [1.82, 2.24) is 5.32 Å². The summed E-state index contributed by atoms with van der Waals surface area (Å²) in [6, 6.07) is 15.4. The van der Waals surface area contributed by atoms with E-state index < -0.39 is 20.1 Å². The molecule has 1 N–H and O–H groups in total. The molecule has 0 fully saturated rings. The van der Waals surface area contributed by atoms with Crippen LogP contribution in [0.2, 0.25) is 19.6 Å². The molecule has 0 radical (unpaired) electrons. The third-order valence-electron chi connectivity index (χ3n) is 4.34. The molecule has 0 bridgehead atoms. The lowest BCUT2D eigenvalue weighted by atomic mass is 9.99. The lowest BCUT2D eigenvalue weighted by Crippen LogP contribution is -2.34. The van der Waals surface area contributed by atoms with Gasteiger partial charge in [-0.05, 0) is 49.3 Å². The van der Waals surface area contributed by atoms with Crippen LogP contribution in [-0.2, 0) is 10.6 Å². The summed E-state index contributed by atoms with van der Waals surface area (Å²) in [5, 5.41) is 3.58. The molecule has 0 amide bonds. The molecule has 2 aromatic rings. The number of benzene rings is 2.